The van der Waals surface area contributed by atoms with Gasteiger partial charge in [-0.05, 0) is 45.0 Å². The quantitative estimate of drug-likeness (QED) is 0.840. The second-order valence-corrected chi connectivity index (χ2v) is 5.80. The minimum Gasteiger partial charge on any atom is -0.462 e. The molecule has 1 heterocycles. The van der Waals surface area contributed by atoms with Crippen molar-refractivity contribution in [2.75, 3.05) is 31.6 Å². The van der Waals surface area contributed by atoms with Gasteiger partial charge in [-0.3, -0.25) is 9.69 Å². The minimum absolute atomic E-state index is 0.0739. The number of carbonyl (C=O) groups is 2. The number of carbonyl (C=O) groups excluding carboxylic acids is 2. The number of rotatable bonds is 5. The maximum Gasteiger partial charge on any atom is 0.338 e. The molecule has 1 aromatic rings. The van der Waals surface area contributed by atoms with Crippen LogP contribution in [0.2, 0.25) is 0 Å². The Morgan fingerprint density at radius 2 is 1.83 bits per heavy atom. The number of nitrogens with zero attached hydrogens (tertiary/aromatic N) is 1. The second-order valence-electron chi connectivity index (χ2n) is 5.80. The van der Waals surface area contributed by atoms with Crippen LogP contribution in [0.3, 0.4) is 0 Å². The minimum atomic E-state index is -0.360. The summed E-state index contributed by atoms with van der Waals surface area (Å²) in [5.41, 5.74) is 1.14. The predicted molar refractivity (Wildman–Crippen MR) is 87.5 cm³/mol. The second kappa shape index (κ2) is 8.08. The third-order valence-electron chi connectivity index (χ3n) is 3.54. The average molecular weight is 320 g/mol. The zero-order valence-corrected chi connectivity index (χ0v) is 13.9. The highest BCUT2D eigenvalue weighted by Gasteiger charge is 2.23. The van der Waals surface area contributed by atoms with Crippen molar-refractivity contribution in [1.29, 1.82) is 0 Å². The van der Waals surface area contributed by atoms with Crippen LogP contribution in [0.1, 0.15) is 31.1 Å². The molecule has 1 N–H and O–H groups in total. The Balaban J connectivity index is 1.86. The van der Waals surface area contributed by atoms with Gasteiger partial charge in [0.25, 0.3) is 0 Å². The Hall–Kier alpha value is -1.92. The maximum atomic E-state index is 12.1. The molecule has 1 aliphatic rings. The summed E-state index contributed by atoms with van der Waals surface area (Å²) in [6, 6.07) is 6.70. The van der Waals surface area contributed by atoms with Gasteiger partial charge in [0.2, 0.25) is 5.91 Å². The molecule has 1 amide bonds. The lowest BCUT2D eigenvalue weighted by atomic mass is 10.2. The molecule has 1 saturated heterocycles. The van der Waals surface area contributed by atoms with Gasteiger partial charge in [0, 0.05) is 18.8 Å². The fraction of sp³-hybridized carbons (Fsp3) is 0.529. The van der Waals surface area contributed by atoms with Crippen molar-refractivity contribution in [2.45, 2.75) is 33.0 Å². The van der Waals surface area contributed by atoms with E-state index in [4.69, 9.17) is 9.47 Å². The smallest absolute Gasteiger partial charge is 0.338 e. The van der Waals surface area contributed by atoms with Crippen molar-refractivity contribution in [3.8, 4) is 0 Å². The van der Waals surface area contributed by atoms with Crippen molar-refractivity contribution in [3.63, 3.8) is 0 Å². The zero-order valence-electron chi connectivity index (χ0n) is 13.9. The van der Waals surface area contributed by atoms with Gasteiger partial charge in [-0.15, -0.1) is 0 Å². The molecule has 0 saturated carbocycles. The molecule has 0 aliphatic carbocycles. The summed E-state index contributed by atoms with van der Waals surface area (Å²) in [5.74, 6) is -0.433. The molecule has 0 radical (unpaired) electrons. The fourth-order valence-electron chi connectivity index (χ4n) is 2.72. The van der Waals surface area contributed by atoms with Crippen LogP contribution < -0.4 is 5.32 Å². The first-order valence-electron chi connectivity index (χ1n) is 7.92. The van der Waals surface area contributed by atoms with E-state index >= 15 is 0 Å². The van der Waals surface area contributed by atoms with Crippen molar-refractivity contribution in [3.05, 3.63) is 29.8 Å². The largest absolute Gasteiger partial charge is 0.462 e. The number of benzene rings is 1. The summed E-state index contributed by atoms with van der Waals surface area (Å²) in [4.78, 5) is 25.8. The number of hydrogen-bond donors (Lipinski definition) is 1. The van der Waals surface area contributed by atoms with E-state index in [1.807, 2.05) is 13.8 Å². The van der Waals surface area contributed by atoms with E-state index in [1.165, 1.54) is 0 Å². The molecule has 0 spiro atoms. The summed E-state index contributed by atoms with van der Waals surface area (Å²) in [7, 11) is 0. The van der Waals surface area contributed by atoms with Crippen molar-refractivity contribution < 1.29 is 19.1 Å². The van der Waals surface area contributed by atoms with Crippen LogP contribution in [-0.2, 0) is 14.3 Å². The van der Waals surface area contributed by atoms with Crippen LogP contribution in [0.15, 0.2) is 24.3 Å². The zero-order chi connectivity index (χ0) is 16.8. The first-order chi connectivity index (χ1) is 11.0. The lowest BCUT2D eigenvalue weighted by Crippen LogP contribution is -2.48. The van der Waals surface area contributed by atoms with Gasteiger partial charge in [-0.2, -0.15) is 0 Å². The Kier molecular flexibility index (Phi) is 6.12. The standard InChI is InChI=1S/C17H24N2O4/c1-4-22-17(21)14-5-7-15(8-6-14)18-16(20)11-19-9-12(2)23-13(3)10-19/h5-8,12-13H,4,9-11H2,1-3H3,(H,18,20)/t12-,13-/m1/s1. The van der Waals surface area contributed by atoms with Crippen molar-refractivity contribution in [2.24, 2.45) is 0 Å². The molecule has 2 atom stereocenters. The number of morpholine rings is 1. The molecule has 0 bridgehead atoms. The summed E-state index contributed by atoms with van der Waals surface area (Å²) in [5, 5.41) is 2.84. The molecular formula is C17H24N2O4. The third kappa shape index (κ3) is 5.33. The first-order valence-corrected chi connectivity index (χ1v) is 7.92. The van der Waals surface area contributed by atoms with Crippen LogP contribution in [0.25, 0.3) is 0 Å². The van der Waals surface area contributed by atoms with Gasteiger partial charge in [0.1, 0.15) is 0 Å². The number of amides is 1. The highest BCUT2D eigenvalue weighted by molar-refractivity contribution is 5.94. The van der Waals surface area contributed by atoms with Gasteiger partial charge in [0.15, 0.2) is 0 Å². The average Bonchev–Trinajstić information content (AvgIpc) is 2.47. The molecule has 126 valence electrons. The summed E-state index contributed by atoms with van der Waals surface area (Å²) in [6.45, 7) is 7.95. The molecule has 0 aromatic heterocycles. The van der Waals surface area contributed by atoms with Crippen LogP contribution >= 0.6 is 0 Å². The van der Waals surface area contributed by atoms with Gasteiger partial charge < -0.3 is 14.8 Å². The first kappa shape index (κ1) is 17.4. The Labute approximate surface area is 136 Å². The predicted octanol–water partition coefficient (Wildman–Crippen LogP) is 1.91. The fourth-order valence-corrected chi connectivity index (χ4v) is 2.72. The number of nitrogens with one attached hydrogen (secondary N) is 1. The molecule has 0 unspecified atom stereocenters. The van der Waals surface area contributed by atoms with Crippen LogP contribution in [0.4, 0.5) is 5.69 Å². The SMILES string of the molecule is CCOC(=O)c1ccc(NC(=O)CN2C[C@@H](C)O[C@H](C)C2)cc1. The van der Waals surface area contributed by atoms with E-state index in [0.29, 0.717) is 24.4 Å². The van der Waals surface area contributed by atoms with Crippen LogP contribution in [0.5, 0.6) is 0 Å². The molecular weight excluding hydrogens is 296 g/mol. The van der Waals surface area contributed by atoms with Crippen molar-refractivity contribution >= 4 is 17.6 Å². The monoisotopic (exact) mass is 320 g/mol. The highest BCUT2D eigenvalue weighted by Crippen LogP contribution is 2.13. The third-order valence-corrected chi connectivity index (χ3v) is 3.54. The topological polar surface area (TPSA) is 67.9 Å². The number of hydrogen-bond acceptors (Lipinski definition) is 5. The van der Waals surface area contributed by atoms with E-state index in [0.717, 1.165) is 13.1 Å². The summed E-state index contributed by atoms with van der Waals surface area (Å²) >= 11 is 0. The molecule has 2 rings (SSSR count). The lowest BCUT2D eigenvalue weighted by Gasteiger charge is -2.34. The van der Waals surface area contributed by atoms with Crippen molar-refractivity contribution in [1.82, 2.24) is 4.90 Å². The molecule has 1 aliphatic heterocycles. The number of ether oxygens (including phenoxy) is 2. The van der Waals surface area contributed by atoms with Crippen LogP contribution in [-0.4, -0.2) is 55.2 Å². The van der Waals surface area contributed by atoms with E-state index in [-0.39, 0.29) is 24.1 Å². The number of anilines is 1. The maximum absolute atomic E-state index is 12.1. The van der Waals surface area contributed by atoms with E-state index in [1.54, 1.807) is 31.2 Å². The Morgan fingerprint density at radius 3 is 2.39 bits per heavy atom. The Bertz CT molecular complexity index is 534. The van der Waals surface area contributed by atoms with E-state index in [9.17, 15) is 9.59 Å². The molecule has 1 fully saturated rings. The van der Waals surface area contributed by atoms with E-state index < -0.39 is 0 Å². The molecule has 6 nitrogen and oxygen atoms in total. The molecule has 23 heavy (non-hydrogen) atoms. The van der Waals surface area contributed by atoms with Gasteiger partial charge >= 0.3 is 5.97 Å². The van der Waals surface area contributed by atoms with E-state index in [2.05, 4.69) is 10.2 Å². The Morgan fingerprint density at radius 1 is 1.22 bits per heavy atom. The van der Waals surface area contributed by atoms with Gasteiger partial charge in [-0.25, -0.2) is 4.79 Å². The lowest BCUT2D eigenvalue weighted by molar-refractivity contribution is -0.121. The summed E-state index contributed by atoms with van der Waals surface area (Å²) in [6.07, 6.45) is 0.269. The van der Waals surface area contributed by atoms with Gasteiger partial charge in [-0.1, -0.05) is 0 Å². The molecule has 1 aromatic carbocycles. The highest BCUT2D eigenvalue weighted by atomic mass is 16.5. The van der Waals surface area contributed by atoms with Gasteiger partial charge in [0.05, 0.1) is 30.9 Å². The summed E-state index contributed by atoms with van der Waals surface area (Å²) < 4.78 is 10.6. The number of esters is 1. The normalized spacial score (nSPS) is 21.7. The molecule has 6 heteroatoms. The van der Waals surface area contributed by atoms with Crippen LogP contribution in [0, 0.1) is 0 Å².